The van der Waals surface area contributed by atoms with Gasteiger partial charge in [-0.05, 0) is 48.5 Å². The van der Waals surface area contributed by atoms with Crippen LogP contribution < -0.4 is 14.8 Å². The van der Waals surface area contributed by atoms with E-state index in [9.17, 15) is 18.8 Å². The van der Waals surface area contributed by atoms with Crippen LogP contribution in [0.25, 0.3) is 0 Å². The molecule has 1 N–H and O–H groups in total. The zero-order valence-electron chi connectivity index (χ0n) is 20.1. The van der Waals surface area contributed by atoms with Crippen LogP contribution in [-0.2, 0) is 11.3 Å². The number of halogens is 1. The molecule has 9 nitrogen and oxygen atoms in total. The van der Waals surface area contributed by atoms with Crippen LogP contribution in [0.2, 0.25) is 0 Å². The van der Waals surface area contributed by atoms with Gasteiger partial charge in [0.15, 0.2) is 11.5 Å². The van der Waals surface area contributed by atoms with E-state index in [0.29, 0.717) is 54.6 Å². The smallest absolute Gasteiger partial charge is 0.270 e. The molecule has 0 saturated carbocycles. The Kier molecular flexibility index (Phi) is 7.53. The molecule has 188 valence electrons. The monoisotopic (exact) mass is 494 g/mol. The standard InChI is InChI=1S/C26H27FN4O5/c1-35-22-10-9-20(16-23(22)36-2)28-24(32)17-31-11-3-4-21(31)26(34)30-14-12-29(13-15-30)25(33)18-5-7-19(27)8-6-18/h3-11,16H,12-15,17H2,1-2H3,(H,28,32). The minimum atomic E-state index is -0.401. The van der Waals surface area contributed by atoms with Crippen molar-refractivity contribution in [3.63, 3.8) is 0 Å². The number of amides is 3. The second-order valence-corrected chi connectivity index (χ2v) is 8.23. The van der Waals surface area contributed by atoms with Gasteiger partial charge in [0, 0.05) is 49.7 Å². The molecule has 1 aromatic heterocycles. The van der Waals surface area contributed by atoms with E-state index in [4.69, 9.17) is 9.47 Å². The summed E-state index contributed by atoms with van der Waals surface area (Å²) < 4.78 is 25.2. The van der Waals surface area contributed by atoms with Crippen molar-refractivity contribution < 1.29 is 28.2 Å². The Hall–Kier alpha value is -4.34. The third-order valence-electron chi connectivity index (χ3n) is 5.98. The molecule has 1 aliphatic rings. The molecule has 4 rings (SSSR count). The number of aromatic nitrogens is 1. The first-order valence-corrected chi connectivity index (χ1v) is 11.4. The maximum absolute atomic E-state index is 13.2. The number of benzene rings is 2. The molecule has 2 heterocycles. The van der Waals surface area contributed by atoms with Crippen LogP contribution in [0.5, 0.6) is 11.5 Å². The van der Waals surface area contributed by atoms with Crippen molar-refractivity contribution >= 4 is 23.4 Å². The number of ether oxygens (including phenoxy) is 2. The molecule has 0 radical (unpaired) electrons. The van der Waals surface area contributed by atoms with E-state index in [2.05, 4.69) is 5.32 Å². The first-order valence-electron chi connectivity index (χ1n) is 11.4. The van der Waals surface area contributed by atoms with E-state index in [-0.39, 0.29) is 24.3 Å². The normalized spacial score (nSPS) is 13.3. The van der Waals surface area contributed by atoms with Crippen molar-refractivity contribution in [2.75, 3.05) is 45.7 Å². The van der Waals surface area contributed by atoms with E-state index in [1.54, 1.807) is 50.9 Å². The first kappa shape index (κ1) is 24.8. The van der Waals surface area contributed by atoms with Gasteiger partial charge in [0.1, 0.15) is 18.1 Å². The number of piperazine rings is 1. The molecule has 0 bridgehead atoms. The van der Waals surface area contributed by atoms with Gasteiger partial charge in [-0.3, -0.25) is 14.4 Å². The van der Waals surface area contributed by atoms with Crippen LogP contribution in [0.15, 0.2) is 60.8 Å². The minimum Gasteiger partial charge on any atom is -0.493 e. The molecule has 1 aliphatic heterocycles. The first-order chi connectivity index (χ1) is 17.4. The van der Waals surface area contributed by atoms with Crippen LogP contribution in [0.4, 0.5) is 10.1 Å². The zero-order valence-corrected chi connectivity index (χ0v) is 20.1. The highest BCUT2D eigenvalue weighted by Gasteiger charge is 2.27. The molecular formula is C26H27FN4O5. The molecule has 1 fully saturated rings. The Morgan fingerprint density at radius 3 is 2.14 bits per heavy atom. The molecule has 3 aromatic rings. The van der Waals surface area contributed by atoms with Gasteiger partial charge in [-0.25, -0.2) is 4.39 Å². The Bertz CT molecular complexity index is 1250. The summed E-state index contributed by atoms with van der Waals surface area (Å²) in [4.78, 5) is 41.8. The predicted molar refractivity (Wildman–Crippen MR) is 131 cm³/mol. The second kappa shape index (κ2) is 10.9. The van der Waals surface area contributed by atoms with Crippen molar-refractivity contribution in [2.45, 2.75) is 6.54 Å². The number of hydrogen-bond donors (Lipinski definition) is 1. The third kappa shape index (κ3) is 5.48. The Morgan fingerprint density at radius 1 is 0.861 bits per heavy atom. The molecule has 0 aliphatic carbocycles. The molecule has 10 heteroatoms. The average molecular weight is 495 g/mol. The van der Waals surface area contributed by atoms with Gasteiger partial charge in [0.2, 0.25) is 5.91 Å². The maximum Gasteiger partial charge on any atom is 0.270 e. The van der Waals surface area contributed by atoms with E-state index >= 15 is 0 Å². The van der Waals surface area contributed by atoms with Crippen LogP contribution in [0, 0.1) is 5.82 Å². The van der Waals surface area contributed by atoms with Crippen molar-refractivity contribution in [3.05, 3.63) is 77.9 Å². The number of rotatable bonds is 7. The number of hydrogen-bond acceptors (Lipinski definition) is 5. The minimum absolute atomic E-state index is 0.0502. The summed E-state index contributed by atoms with van der Waals surface area (Å²) >= 11 is 0. The largest absolute Gasteiger partial charge is 0.493 e. The third-order valence-corrected chi connectivity index (χ3v) is 5.98. The lowest BCUT2D eigenvalue weighted by molar-refractivity contribution is -0.116. The number of anilines is 1. The van der Waals surface area contributed by atoms with E-state index < -0.39 is 5.82 Å². The number of nitrogens with one attached hydrogen (secondary N) is 1. The lowest BCUT2D eigenvalue weighted by atomic mass is 10.1. The highest BCUT2D eigenvalue weighted by atomic mass is 19.1. The molecule has 1 saturated heterocycles. The van der Waals surface area contributed by atoms with Crippen molar-refractivity contribution in [1.82, 2.24) is 14.4 Å². The molecule has 36 heavy (non-hydrogen) atoms. The Labute approximate surface area is 208 Å². The van der Waals surface area contributed by atoms with Crippen LogP contribution in [-0.4, -0.2) is 72.5 Å². The van der Waals surface area contributed by atoms with Crippen molar-refractivity contribution in [2.24, 2.45) is 0 Å². The van der Waals surface area contributed by atoms with Gasteiger partial charge in [0.05, 0.1) is 14.2 Å². The lowest BCUT2D eigenvalue weighted by Crippen LogP contribution is -2.51. The number of carbonyl (C=O) groups excluding carboxylic acids is 3. The fraction of sp³-hybridized carbons (Fsp3) is 0.269. The fourth-order valence-corrected chi connectivity index (χ4v) is 4.07. The summed E-state index contributed by atoms with van der Waals surface area (Å²) in [6, 6.07) is 13.8. The molecule has 2 aromatic carbocycles. The van der Waals surface area contributed by atoms with Gasteiger partial charge in [-0.1, -0.05) is 0 Å². The SMILES string of the molecule is COc1ccc(NC(=O)Cn2cccc2C(=O)N2CCN(C(=O)c3ccc(F)cc3)CC2)cc1OC. The summed E-state index contributed by atoms with van der Waals surface area (Å²) in [6.45, 7) is 1.39. The Balaban J connectivity index is 1.35. The van der Waals surface area contributed by atoms with Crippen LogP contribution in [0.3, 0.4) is 0 Å². The van der Waals surface area contributed by atoms with Gasteiger partial charge in [-0.2, -0.15) is 0 Å². The summed E-state index contributed by atoms with van der Waals surface area (Å²) in [6.07, 6.45) is 1.68. The molecular weight excluding hydrogens is 467 g/mol. The summed E-state index contributed by atoms with van der Waals surface area (Å²) in [5.41, 5.74) is 1.33. The zero-order chi connectivity index (χ0) is 25.7. The summed E-state index contributed by atoms with van der Waals surface area (Å²) in [5, 5.41) is 2.80. The molecule has 3 amide bonds. The summed E-state index contributed by atoms with van der Waals surface area (Å²) in [7, 11) is 3.05. The molecule has 0 spiro atoms. The number of nitrogens with zero attached hydrogens (tertiary/aromatic N) is 3. The second-order valence-electron chi connectivity index (χ2n) is 8.23. The molecule has 0 atom stereocenters. The van der Waals surface area contributed by atoms with E-state index in [0.717, 1.165) is 0 Å². The number of methoxy groups -OCH3 is 2. The maximum atomic E-state index is 13.2. The van der Waals surface area contributed by atoms with Gasteiger partial charge in [0.25, 0.3) is 11.8 Å². The van der Waals surface area contributed by atoms with Gasteiger partial charge >= 0.3 is 0 Å². The lowest BCUT2D eigenvalue weighted by Gasteiger charge is -2.35. The fourth-order valence-electron chi connectivity index (χ4n) is 4.07. The summed E-state index contributed by atoms with van der Waals surface area (Å²) in [5.74, 6) is -0.0768. The average Bonchev–Trinajstić information content (AvgIpc) is 3.36. The van der Waals surface area contributed by atoms with Crippen molar-refractivity contribution in [3.8, 4) is 11.5 Å². The highest BCUT2D eigenvalue weighted by Crippen LogP contribution is 2.29. The van der Waals surface area contributed by atoms with Crippen LogP contribution >= 0.6 is 0 Å². The topological polar surface area (TPSA) is 93.1 Å². The number of carbonyl (C=O) groups is 3. The van der Waals surface area contributed by atoms with Crippen molar-refractivity contribution in [1.29, 1.82) is 0 Å². The molecule has 0 unspecified atom stereocenters. The van der Waals surface area contributed by atoms with Gasteiger partial charge < -0.3 is 29.2 Å². The van der Waals surface area contributed by atoms with Gasteiger partial charge in [-0.15, -0.1) is 0 Å². The van der Waals surface area contributed by atoms with E-state index in [1.165, 1.54) is 38.5 Å². The quantitative estimate of drug-likeness (QED) is 0.545. The van der Waals surface area contributed by atoms with Crippen LogP contribution in [0.1, 0.15) is 20.8 Å². The Morgan fingerprint density at radius 2 is 1.50 bits per heavy atom. The highest BCUT2D eigenvalue weighted by molar-refractivity contribution is 5.96. The predicted octanol–water partition coefficient (Wildman–Crippen LogP) is 2.88. The van der Waals surface area contributed by atoms with E-state index in [1.807, 2.05) is 0 Å².